The Kier molecular flexibility index (Phi) is 8.70. The van der Waals surface area contributed by atoms with Crippen LogP contribution < -0.4 is 10.0 Å². The number of hydrogen-bond acceptors (Lipinski definition) is 4. The summed E-state index contributed by atoms with van der Waals surface area (Å²) in [6.07, 6.45) is 0. The zero-order valence-electron chi connectivity index (χ0n) is 18.2. The highest BCUT2D eigenvalue weighted by Gasteiger charge is 2.21. The lowest BCUT2D eigenvalue weighted by atomic mass is 10.1. The van der Waals surface area contributed by atoms with Crippen LogP contribution in [-0.2, 0) is 15.8 Å². The molecule has 3 aromatic carbocycles. The van der Waals surface area contributed by atoms with Gasteiger partial charge in [0.1, 0.15) is 4.90 Å². The number of benzene rings is 3. The van der Waals surface area contributed by atoms with E-state index in [2.05, 4.69) is 10.0 Å². The molecule has 0 bridgehead atoms. The molecule has 0 aliphatic carbocycles. The van der Waals surface area contributed by atoms with Gasteiger partial charge in [0.05, 0.1) is 10.7 Å². The normalized spacial score (nSPS) is 11.3. The van der Waals surface area contributed by atoms with Crippen LogP contribution >= 0.6 is 35.0 Å². The summed E-state index contributed by atoms with van der Waals surface area (Å²) in [4.78, 5) is 12.4. The van der Waals surface area contributed by atoms with Crippen LogP contribution in [0.4, 0.5) is 5.69 Å². The molecule has 0 spiro atoms. The molecule has 3 rings (SSSR count). The van der Waals surface area contributed by atoms with Gasteiger partial charge in [-0.15, -0.1) is 0 Å². The molecular weight excluding hydrogens is 499 g/mol. The number of anilines is 1. The molecule has 174 valence electrons. The number of halogens is 2. The van der Waals surface area contributed by atoms with Gasteiger partial charge in [-0.3, -0.25) is 9.52 Å². The molecular formula is C24H24Cl2N2O3S2. The highest BCUT2D eigenvalue weighted by molar-refractivity contribution is 7.98. The number of thioether (sulfide) groups is 1. The number of sulfonamides is 1. The summed E-state index contributed by atoms with van der Waals surface area (Å²) in [5, 5.41) is 3.55. The van der Waals surface area contributed by atoms with Gasteiger partial charge in [0, 0.05) is 28.6 Å². The van der Waals surface area contributed by atoms with Gasteiger partial charge in [-0.25, -0.2) is 8.42 Å². The summed E-state index contributed by atoms with van der Waals surface area (Å²) in [5.74, 6) is 1.12. The fourth-order valence-electron chi connectivity index (χ4n) is 3.13. The van der Waals surface area contributed by atoms with E-state index in [0.29, 0.717) is 23.0 Å². The summed E-state index contributed by atoms with van der Waals surface area (Å²) in [6, 6.07) is 17.3. The third-order valence-corrected chi connectivity index (χ3v) is 7.91. The molecule has 0 radical (unpaired) electrons. The molecule has 0 heterocycles. The number of carbonyl (C=O) groups is 1. The first-order chi connectivity index (χ1) is 15.7. The molecule has 33 heavy (non-hydrogen) atoms. The average Bonchev–Trinajstić information content (AvgIpc) is 2.75. The molecule has 3 aromatic rings. The van der Waals surface area contributed by atoms with Crippen LogP contribution in [0.3, 0.4) is 0 Å². The van der Waals surface area contributed by atoms with Crippen molar-refractivity contribution in [2.45, 2.75) is 24.5 Å². The second kappa shape index (κ2) is 11.3. The van der Waals surface area contributed by atoms with Crippen molar-refractivity contribution in [2.24, 2.45) is 0 Å². The molecule has 0 aliphatic heterocycles. The Morgan fingerprint density at radius 3 is 2.52 bits per heavy atom. The Morgan fingerprint density at radius 1 is 1.00 bits per heavy atom. The predicted octanol–water partition coefficient (Wildman–Crippen LogP) is 6.07. The van der Waals surface area contributed by atoms with E-state index in [-0.39, 0.29) is 21.4 Å². The van der Waals surface area contributed by atoms with Crippen LogP contribution in [0.25, 0.3) is 0 Å². The Balaban J connectivity index is 1.61. The fourth-order valence-corrected chi connectivity index (χ4v) is 5.81. The first-order valence-corrected chi connectivity index (χ1v) is 13.5. The molecule has 0 aromatic heterocycles. The van der Waals surface area contributed by atoms with E-state index in [0.717, 1.165) is 22.4 Å². The van der Waals surface area contributed by atoms with Crippen molar-refractivity contribution in [2.75, 3.05) is 17.0 Å². The van der Waals surface area contributed by atoms with Gasteiger partial charge >= 0.3 is 0 Å². The van der Waals surface area contributed by atoms with E-state index in [1.807, 2.05) is 50.2 Å². The van der Waals surface area contributed by atoms with E-state index in [1.54, 1.807) is 17.8 Å². The predicted molar refractivity (Wildman–Crippen MR) is 138 cm³/mol. The highest BCUT2D eigenvalue weighted by atomic mass is 35.5. The lowest BCUT2D eigenvalue weighted by molar-refractivity contribution is 0.0956. The van der Waals surface area contributed by atoms with Crippen molar-refractivity contribution >= 4 is 56.6 Å². The number of hydrogen-bond donors (Lipinski definition) is 2. The van der Waals surface area contributed by atoms with Crippen molar-refractivity contribution in [1.29, 1.82) is 0 Å². The fraction of sp³-hybridized carbons (Fsp3) is 0.208. The molecule has 9 heteroatoms. The molecule has 0 aliphatic rings. The van der Waals surface area contributed by atoms with Gasteiger partial charge in [-0.1, -0.05) is 53.0 Å². The number of amides is 1. The Labute approximate surface area is 208 Å². The maximum atomic E-state index is 13.0. The minimum atomic E-state index is -3.98. The van der Waals surface area contributed by atoms with Crippen molar-refractivity contribution in [3.8, 4) is 0 Å². The van der Waals surface area contributed by atoms with Crippen molar-refractivity contribution in [1.82, 2.24) is 5.32 Å². The SMILES string of the molecule is Cc1ccc(NS(=O)(=O)c2cc(C(=O)NCCSCc3cccc(Cl)c3)ccc2Cl)c(C)c1. The zero-order valence-corrected chi connectivity index (χ0v) is 21.3. The Bertz CT molecular complexity index is 1260. The molecule has 0 atom stereocenters. The first kappa shape index (κ1) is 25.4. The summed E-state index contributed by atoms with van der Waals surface area (Å²) in [6.45, 7) is 4.19. The molecule has 0 fully saturated rings. The van der Waals surface area contributed by atoms with Crippen LogP contribution in [0, 0.1) is 13.8 Å². The van der Waals surface area contributed by atoms with Gasteiger partial charge in [-0.05, 0) is 61.4 Å². The van der Waals surface area contributed by atoms with Crippen LogP contribution in [0.2, 0.25) is 10.0 Å². The quantitative estimate of drug-likeness (QED) is 0.334. The maximum absolute atomic E-state index is 13.0. The molecule has 1 amide bonds. The number of carbonyl (C=O) groups excluding carboxylic acids is 1. The number of nitrogens with one attached hydrogen (secondary N) is 2. The van der Waals surface area contributed by atoms with E-state index < -0.39 is 10.0 Å². The Hall–Kier alpha value is -2.19. The standard InChI is InChI=1S/C24H24Cl2N2O3S2/c1-16-6-9-22(17(2)12-16)28-33(30,31)23-14-19(7-8-21(23)26)24(29)27-10-11-32-15-18-4-3-5-20(25)13-18/h3-9,12-14,28H,10-11,15H2,1-2H3,(H,27,29). The van der Waals surface area contributed by atoms with Gasteiger partial charge in [0.15, 0.2) is 0 Å². The minimum Gasteiger partial charge on any atom is -0.351 e. The lowest BCUT2D eigenvalue weighted by Crippen LogP contribution is -2.26. The van der Waals surface area contributed by atoms with Gasteiger partial charge in [-0.2, -0.15) is 11.8 Å². The molecule has 0 saturated heterocycles. The zero-order chi connectivity index (χ0) is 24.0. The second-order valence-electron chi connectivity index (χ2n) is 7.51. The smallest absolute Gasteiger partial charge is 0.263 e. The highest BCUT2D eigenvalue weighted by Crippen LogP contribution is 2.27. The topological polar surface area (TPSA) is 75.3 Å². The summed E-state index contributed by atoms with van der Waals surface area (Å²) in [5.41, 5.74) is 3.61. The van der Waals surface area contributed by atoms with Gasteiger partial charge in [0.2, 0.25) is 0 Å². The molecule has 5 nitrogen and oxygen atoms in total. The first-order valence-electron chi connectivity index (χ1n) is 10.2. The van der Waals surface area contributed by atoms with E-state index in [4.69, 9.17) is 23.2 Å². The van der Waals surface area contributed by atoms with Crippen LogP contribution in [0.1, 0.15) is 27.0 Å². The summed E-state index contributed by atoms with van der Waals surface area (Å²) >= 11 is 13.8. The number of rotatable bonds is 9. The van der Waals surface area contributed by atoms with E-state index in [1.165, 1.54) is 18.2 Å². The summed E-state index contributed by atoms with van der Waals surface area (Å²) < 4.78 is 28.5. The maximum Gasteiger partial charge on any atom is 0.263 e. The van der Waals surface area contributed by atoms with Crippen LogP contribution in [-0.4, -0.2) is 26.6 Å². The largest absolute Gasteiger partial charge is 0.351 e. The van der Waals surface area contributed by atoms with Crippen LogP contribution in [0.15, 0.2) is 65.6 Å². The third-order valence-electron chi connectivity index (χ3n) is 4.80. The summed E-state index contributed by atoms with van der Waals surface area (Å²) in [7, 11) is -3.98. The molecule has 0 unspecified atom stereocenters. The molecule has 0 saturated carbocycles. The van der Waals surface area contributed by atoms with Gasteiger partial charge in [0.25, 0.3) is 15.9 Å². The Morgan fingerprint density at radius 2 is 1.79 bits per heavy atom. The van der Waals surface area contributed by atoms with Crippen LogP contribution in [0.5, 0.6) is 0 Å². The van der Waals surface area contributed by atoms with Crippen molar-refractivity contribution in [3.05, 3.63) is 93.0 Å². The van der Waals surface area contributed by atoms with Gasteiger partial charge < -0.3 is 5.32 Å². The van der Waals surface area contributed by atoms with E-state index >= 15 is 0 Å². The third kappa shape index (κ3) is 7.14. The molecule has 2 N–H and O–H groups in total. The van der Waals surface area contributed by atoms with E-state index in [9.17, 15) is 13.2 Å². The minimum absolute atomic E-state index is 0.0425. The average molecular weight is 524 g/mol. The van der Waals surface area contributed by atoms with Crippen molar-refractivity contribution < 1.29 is 13.2 Å². The van der Waals surface area contributed by atoms with Crippen molar-refractivity contribution in [3.63, 3.8) is 0 Å². The lowest BCUT2D eigenvalue weighted by Gasteiger charge is -2.13. The number of aryl methyl sites for hydroxylation is 2. The second-order valence-corrected chi connectivity index (χ2v) is 11.1. The monoisotopic (exact) mass is 522 g/mol.